The van der Waals surface area contributed by atoms with Crippen LogP contribution in [0, 0.1) is 0 Å². The molecule has 1 aliphatic heterocycles. The normalized spacial score (nSPS) is 19.1. The van der Waals surface area contributed by atoms with Gasteiger partial charge < -0.3 is 10.1 Å². The molecule has 0 bridgehead atoms. The molecule has 0 amide bonds. The number of aromatic nitrogens is 4. The number of hydrogen-bond acceptors (Lipinski definition) is 5. The molecule has 1 saturated heterocycles. The Kier molecular flexibility index (Phi) is 2.93. The molecule has 0 spiro atoms. The third kappa shape index (κ3) is 1.95. The van der Waals surface area contributed by atoms with Gasteiger partial charge in [0.1, 0.15) is 11.6 Å². The second-order valence-electron chi connectivity index (χ2n) is 4.25. The van der Waals surface area contributed by atoms with Crippen LogP contribution in [0.4, 0.5) is 5.82 Å². The topological polar surface area (TPSA) is 75.7 Å². The van der Waals surface area contributed by atoms with Crippen molar-refractivity contribution in [2.75, 3.05) is 25.6 Å². The summed E-state index contributed by atoms with van der Waals surface area (Å²) in [6.07, 6.45) is 2.74. The van der Waals surface area contributed by atoms with E-state index in [1.165, 1.54) is 0 Å². The van der Waals surface area contributed by atoms with Crippen LogP contribution in [0.25, 0.3) is 11.4 Å². The van der Waals surface area contributed by atoms with Gasteiger partial charge in [0, 0.05) is 25.8 Å². The Morgan fingerprint density at radius 3 is 3.22 bits per heavy atom. The highest BCUT2D eigenvalue weighted by atomic mass is 16.5. The Hall–Kier alpha value is -1.95. The van der Waals surface area contributed by atoms with Crippen LogP contribution in [0.1, 0.15) is 18.2 Å². The lowest BCUT2D eigenvalue weighted by atomic mass is 10.1. The van der Waals surface area contributed by atoms with Gasteiger partial charge in [0.25, 0.3) is 0 Å². The molecule has 0 aromatic carbocycles. The van der Waals surface area contributed by atoms with E-state index in [4.69, 9.17) is 4.74 Å². The second-order valence-corrected chi connectivity index (χ2v) is 4.25. The first kappa shape index (κ1) is 11.2. The monoisotopic (exact) mass is 245 g/mol. The number of hydrogen-bond donors (Lipinski definition) is 2. The minimum Gasteiger partial charge on any atom is -0.381 e. The highest BCUT2D eigenvalue weighted by Gasteiger charge is 2.22. The number of pyridine rings is 1. The molecule has 2 aromatic rings. The van der Waals surface area contributed by atoms with Gasteiger partial charge in [-0.3, -0.25) is 5.10 Å². The number of rotatable bonds is 3. The molecule has 1 atom stereocenters. The fourth-order valence-corrected chi connectivity index (χ4v) is 2.11. The summed E-state index contributed by atoms with van der Waals surface area (Å²) >= 11 is 0. The molecule has 6 nitrogen and oxygen atoms in total. The summed E-state index contributed by atoms with van der Waals surface area (Å²) in [6.45, 7) is 1.52. The summed E-state index contributed by atoms with van der Waals surface area (Å²) in [7, 11) is 1.84. The van der Waals surface area contributed by atoms with E-state index in [9.17, 15) is 0 Å². The van der Waals surface area contributed by atoms with Gasteiger partial charge in [-0.15, -0.1) is 0 Å². The van der Waals surface area contributed by atoms with Gasteiger partial charge >= 0.3 is 0 Å². The van der Waals surface area contributed by atoms with E-state index >= 15 is 0 Å². The summed E-state index contributed by atoms with van der Waals surface area (Å²) in [6, 6.07) is 3.84. The van der Waals surface area contributed by atoms with Crippen molar-refractivity contribution in [1.82, 2.24) is 20.2 Å². The lowest BCUT2D eigenvalue weighted by Gasteiger charge is -2.03. The van der Waals surface area contributed by atoms with E-state index < -0.39 is 0 Å². The zero-order valence-corrected chi connectivity index (χ0v) is 10.2. The minimum atomic E-state index is 0.334. The average Bonchev–Trinajstić information content (AvgIpc) is 3.09. The predicted octanol–water partition coefficient (Wildman–Crippen LogP) is 1.41. The number of nitrogens with zero attached hydrogens (tertiary/aromatic N) is 3. The van der Waals surface area contributed by atoms with Crippen LogP contribution in [-0.2, 0) is 4.74 Å². The first-order chi connectivity index (χ1) is 8.88. The predicted molar refractivity (Wildman–Crippen MR) is 67.3 cm³/mol. The first-order valence-electron chi connectivity index (χ1n) is 6.01. The van der Waals surface area contributed by atoms with Crippen LogP contribution in [0.5, 0.6) is 0 Å². The molecule has 0 aliphatic carbocycles. The largest absolute Gasteiger partial charge is 0.381 e. The smallest absolute Gasteiger partial charge is 0.184 e. The van der Waals surface area contributed by atoms with Crippen molar-refractivity contribution >= 4 is 5.82 Å². The minimum absolute atomic E-state index is 0.334. The summed E-state index contributed by atoms with van der Waals surface area (Å²) in [5.41, 5.74) is 0.904. The van der Waals surface area contributed by atoms with Crippen LogP contribution in [-0.4, -0.2) is 40.4 Å². The van der Waals surface area contributed by atoms with E-state index in [0.29, 0.717) is 11.7 Å². The molecule has 2 aromatic heterocycles. The van der Waals surface area contributed by atoms with Crippen molar-refractivity contribution in [2.45, 2.75) is 12.3 Å². The average molecular weight is 245 g/mol. The first-order valence-corrected chi connectivity index (χ1v) is 6.01. The van der Waals surface area contributed by atoms with E-state index in [1.807, 2.05) is 19.2 Å². The molecule has 2 N–H and O–H groups in total. The molecule has 0 unspecified atom stereocenters. The van der Waals surface area contributed by atoms with E-state index in [0.717, 1.165) is 36.8 Å². The third-order valence-corrected chi connectivity index (χ3v) is 3.10. The van der Waals surface area contributed by atoms with Crippen LogP contribution >= 0.6 is 0 Å². The number of ether oxygens (including phenoxy) is 1. The van der Waals surface area contributed by atoms with E-state index in [-0.39, 0.29) is 0 Å². The zero-order chi connectivity index (χ0) is 12.4. The highest BCUT2D eigenvalue weighted by molar-refractivity contribution is 5.69. The van der Waals surface area contributed by atoms with Crippen LogP contribution in [0.3, 0.4) is 0 Å². The lowest BCUT2D eigenvalue weighted by molar-refractivity contribution is 0.193. The lowest BCUT2D eigenvalue weighted by Crippen LogP contribution is -2.00. The second kappa shape index (κ2) is 4.73. The quantitative estimate of drug-likeness (QED) is 0.855. The van der Waals surface area contributed by atoms with Gasteiger partial charge in [0.2, 0.25) is 0 Å². The van der Waals surface area contributed by atoms with Gasteiger partial charge in [0.05, 0.1) is 12.2 Å². The Morgan fingerprint density at radius 2 is 2.44 bits per heavy atom. The molecule has 0 radical (unpaired) electrons. The fraction of sp³-hybridized carbons (Fsp3) is 0.417. The van der Waals surface area contributed by atoms with Gasteiger partial charge in [-0.2, -0.15) is 5.10 Å². The summed E-state index contributed by atoms with van der Waals surface area (Å²) < 4.78 is 5.36. The van der Waals surface area contributed by atoms with Crippen LogP contribution in [0.15, 0.2) is 18.3 Å². The maximum absolute atomic E-state index is 5.36. The molecule has 94 valence electrons. The SMILES string of the molecule is CNc1ncccc1-c1n[nH]c([C@@H]2CCOC2)n1. The van der Waals surface area contributed by atoms with Gasteiger partial charge in [-0.25, -0.2) is 9.97 Å². The highest BCUT2D eigenvalue weighted by Crippen LogP contribution is 2.26. The van der Waals surface area contributed by atoms with Gasteiger partial charge in [-0.1, -0.05) is 0 Å². The van der Waals surface area contributed by atoms with E-state index in [2.05, 4.69) is 25.5 Å². The Labute approximate surface area is 105 Å². The molecular formula is C12H15N5O. The van der Waals surface area contributed by atoms with Crippen LogP contribution < -0.4 is 5.32 Å². The molecule has 18 heavy (non-hydrogen) atoms. The van der Waals surface area contributed by atoms with Crippen molar-refractivity contribution < 1.29 is 4.74 Å². The fourth-order valence-electron chi connectivity index (χ4n) is 2.11. The molecule has 6 heteroatoms. The van der Waals surface area contributed by atoms with Crippen molar-refractivity contribution in [2.24, 2.45) is 0 Å². The van der Waals surface area contributed by atoms with E-state index in [1.54, 1.807) is 6.20 Å². The molecule has 0 saturated carbocycles. The maximum Gasteiger partial charge on any atom is 0.184 e. The molecule has 1 aliphatic rings. The summed E-state index contributed by atoms with van der Waals surface area (Å²) in [5.74, 6) is 2.69. The molecule has 3 rings (SSSR count). The van der Waals surface area contributed by atoms with Crippen molar-refractivity contribution in [3.05, 3.63) is 24.2 Å². The number of aromatic amines is 1. The summed E-state index contributed by atoms with van der Waals surface area (Å²) in [4.78, 5) is 8.80. The number of nitrogens with one attached hydrogen (secondary N) is 2. The zero-order valence-electron chi connectivity index (χ0n) is 10.2. The molecular weight excluding hydrogens is 230 g/mol. The number of anilines is 1. The third-order valence-electron chi connectivity index (χ3n) is 3.10. The van der Waals surface area contributed by atoms with Crippen molar-refractivity contribution in [1.29, 1.82) is 0 Å². The van der Waals surface area contributed by atoms with Crippen LogP contribution in [0.2, 0.25) is 0 Å². The van der Waals surface area contributed by atoms with Gasteiger partial charge in [0.15, 0.2) is 5.82 Å². The molecule has 3 heterocycles. The Balaban J connectivity index is 1.92. The van der Waals surface area contributed by atoms with Crippen molar-refractivity contribution in [3.8, 4) is 11.4 Å². The maximum atomic E-state index is 5.36. The van der Waals surface area contributed by atoms with Gasteiger partial charge in [-0.05, 0) is 18.6 Å². The Morgan fingerprint density at radius 1 is 1.50 bits per heavy atom. The summed E-state index contributed by atoms with van der Waals surface area (Å²) in [5, 5.41) is 10.3. The van der Waals surface area contributed by atoms with Crippen molar-refractivity contribution in [3.63, 3.8) is 0 Å². The molecule has 1 fully saturated rings. The number of H-pyrrole nitrogens is 1. The Bertz CT molecular complexity index is 533. The standard InChI is InChI=1S/C12H15N5O/c1-13-11-9(3-2-5-14-11)12-15-10(16-17-12)8-4-6-18-7-8/h2-3,5,8H,4,6-7H2,1H3,(H,13,14)(H,15,16,17)/t8-/m1/s1.